The minimum Gasteiger partial charge on any atom is -0.456 e. The van der Waals surface area contributed by atoms with Gasteiger partial charge in [0, 0.05) is 10.6 Å². The summed E-state index contributed by atoms with van der Waals surface area (Å²) in [6, 6.07) is 34.1. The Hall–Kier alpha value is -4.12. The van der Waals surface area contributed by atoms with Crippen molar-refractivity contribution in [1.82, 2.24) is 0 Å². The molecule has 4 heteroatoms. The molecule has 1 N–H and O–H groups in total. The third-order valence-corrected chi connectivity index (χ3v) is 9.79. The molecule has 0 saturated heterocycles. The molecular formula is C39H37BO3. The topological polar surface area (TPSA) is 42.6 Å². The highest BCUT2D eigenvalue weighted by atomic mass is 16.5. The van der Waals surface area contributed by atoms with E-state index in [2.05, 4.69) is 113 Å². The van der Waals surface area contributed by atoms with Gasteiger partial charge >= 0.3 is 7.12 Å². The highest BCUT2D eigenvalue weighted by Gasteiger charge is 2.52. The Morgan fingerprint density at radius 1 is 0.814 bits per heavy atom. The Labute approximate surface area is 254 Å². The fraction of sp³-hybridized carbons (Fsp3) is 0.231. The summed E-state index contributed by atoms with van der Waals surface area (Å²) in [5.74, 6) is -0.0290. The van der Waals surface area contributed by atoms with Gasteiger partial charge in [0.15, 0.2) is 0 Å². The quantitative estimate of drug-likeness (QED) is 0.203. The van der Waals surface area contributed by atoms with Crippen LogP contribution in [0.15, 0.2) is 114 Å². The first-order valence-electron chi connectivity index (χ1n) is 15.3. The second-order valence-corrected chi connectivity index (χ2v) is 12.9. The maximum absolute atomic E-state index is 11.7. The van der Waals surface area contributed by atoms with Crippen LogP contribution in [-0.2, 0) is 4.65 Å². The summed E-state index contributed by atoms with van der Waals surface area (Å²) in [5.41, 5.74) is 8.93. The summed E-state index contributed by atoms with van der Waals surface area (Å²) in [5, 5.41) is 13.7. The molecule has 0 bridgehead atoms. The minimum atomic E-state index is -1.05. The Morgan fingerprint density at radius 2 is 1.44 bits per heavy atom. The number of benzene rings is 4. The average Bonchev–Trinajstić information content (AvgIpc) is 3.72. The summed E-state index contributed by atoms with van der Waals surface area (Å²) in [4.78, 5) is 0. The van der Waals surface area contributed by atoms with E-state index >= 15 is 0 Å². The smallest absolute Gasteiger partial charge is 0.456 e. The summed E-state index contributed by atoms with van der Waals surface area (Å²) in [6.07, 6.45) is 8.37. The zero-order valence-corrected chi connectivity index (χ0v) is 25.3. The molecule has 1 aromatic heterocycles. The van der Waals surface area contributed by atoms with Crippen molar-refractivity contribution in [3.63, 3.8) is 0 Å². The fourth-order valence-electron chi connectivity index (χ4n) is 6.43. The van der Waals surface area contributed by atoms with Gasteiger partial charge < -0.3 is 14.1 Å². The molecule has 3 nitrogen and oxygen atoms in total. The Bertz CT molecular complexity index is 1960. The Kier molecular flexibility index (Phi) is 6.80. The van der Waals surface area contributed by atoms with Gasteiger partial charge in [0.1, 0.15) is 11.0 Å². The summed E-state index contributed by atoms with van der Waals surface area (Å²) in [7, 11) is -1.05. The van der Waals surface area contributed by atoms with E-state index in [0.29, 0.717) is 0 Å². The van der Waals surface area contributed by atoms with Crippen LogP contribution >= 0.6 is 0 Å². The first-order valence-corrected chi connectivity index (χ1v) is 15.3. The number of fused-ring (bicyclic) bond motifs is 3. The molecule has 2 aliphatic carbocycles. The summed E-state index contributed by atoms with van der Waals surface area (Å²) in [6.45, 7) is 8.57. The summed E-state index contributed by atoms with van der Waals surface area (Å²) < 4.78 is 12.9. The van der Waals surface area contributed by atoms with Crippen LogP contribution in [0, 0.1) is 11.3 Å². The standard InChI is InChI=1S/C39H37BO3/c1-26-11-8-17-34-36(37(26)40(41)43-38(2,3)39(4)23-24-39)35-32(16-10-18-33(35)42-34)31-15-9-14-30(25-31)29-21-19-28(20-22-29)27-12-6-5-7-13-27/h5-22,25-26,41H,23-24H2,1-4H3/t26-/m0/s1. The molecular weight excluding hydrogens is 527 g/mol. The van der Waals surface area contributed by atoms with Crippen LogP contribution in [0.2, 0.25) is 0 Å². The molecule has 0 amide bonds. The van der Waals surface area contributed by atoms with Gasteiger partial charge in [-0.15, -0.1) is 0 Å². The lowest BCUT2D eigenvalue weighted by molar-refractivity contribution is 0.0214. The molecule has 1 atom stereocenters. The first-order chi connectivity index (χ1) is 20.7. The van der Waals surface area contributed by atoms with E-state index in [4.69, 9.17) is 9.07 Å². The van der Waals surface area contributed by atoms with Gasteiger partial charge in [-0.25, -0.2) is 0 Å². The van der Waals surface area contributed by atoms with Crippen molar-refractivity contribution in [1.29, 1.82) is 0 Å². The molecule has 0 aliphatic heterocycles. The highest BCUT2D eigenvalue weighted by molar-refractivity contribution is 6.65. The van der Waals surface area contributed by atoms with Gasteiger partial charge in [-0.3, -0.25) is 0 Å². The van der Waals surface area contributed by atoms with Crippen LogP contribution in [-0.4, -0.2) is 17.7 Å². The largest absolute Gasteiger partial charge is 0.488 e. The normalized spacial score (nSPS) is 17.3. The lowest BCUT2D eigenvalue weighted by Gasteiger charge is -2.35. The van der Waals surface area contributed by atoms with Crippen LogP contribution in [0.25, 0.3) is 55.9 Å². The second kappa shape index (κ2) is 10.6. The van der Waals surface area contributed by atoms with Crippen molar-refractivity contribution in [3.05, 3.63) is 120 Å². The molecule has 43 heavy (non-hydrogen) atoms. The molecule has 1 saturated carbocycles. The number of hydrogen-bond donors (Lipinski definition) is 1. The van der Waals surface area contributed by atoms with Gasteiger partial charge in [-0.2, -0.15) is 0 Å². The minimum absolute atomic E-state index is 0.0290. The van der Waals surface area contributed by atoms with Crippen molar-refractivity contribution in [2.75, 3.05) is 0 Å². The van der Waals surface area contributed by atoms with E-state index in [1.807, 2.05) is 30.4 Å². The van der Waals surface area contributed by atoms with Gasteiger partial charge in [0.2, 0.25) is 0 Å². The second-order valence-electron chi connectivity index (χ2n) is 12.9. The van der Waals surface area contributed by atoms with Crippen LogP contribution < -0.4 is 10.6 Å². The Morgan fingerprint density at radius 3 is 2.16 bits per heavy atom. The molecule has 1 heterocycles. The lowest BCUT2D eigenvalue weighted by Crippen LogP contribution is -2.44. The van der Waals surface area contributed by atoms with Crippen LogP contribution in [0.5, 0.6) is 0 Å². The molecule has 4 aromatic carbocycles. The maximum atomic E-state index is 11.7. The van der Waals surface area contributed by atoms with Crippen molar-refractivity contribution in [2.24, 2.45) is 11.3 Å². The number of furan rings is 1. The molecule has 5 aromatic rings. The molecule has 0 radical (unpaired) electrons. The number of rotatable bonds is 7. The van der Waals surface area contributed by atoms with Crippen molar-refractivity contribution in [2.45, 2.75) is 46.1 Å². The van der Waals surface area contributed by atoms with Crippen molar-refractivity contribution < 1.29 is 14.1 Å². The number of allylic oxidation sites excluding steroid dienone is 2. The molecule has 214 valence electrons. The van der Waals surface area contributed by atoms with E-state index in [0.717, 1.165) is 62.2 Å². The van der Waals surface area contributed by atoms with Crippen LogP contribution in [0.4, 0.5) is 0 Å². The first kappa shape index (κ1) is 27.7. The maximum Gasteiger partial charge on any atom is 0.488 e. The van der Waals surface area contributed by atoms with Crippen molar-refractivity contribution >= 4 is 29.6 Å². The average molecular weight is 565 g/mol. The van der Waals surface area contributed by atoms with Gasteiger partial charge in [0.05, 0.1) is 5.60 Å². The van der Waals surface area contributed by atoms with Gasteiger partial charge in [-0.1, -0.05) is 111 Å². The third kappa shape index (κ3) is 4.99. The lowest BCUT2D eigenvalue weighted by atomic mass is 9.69. The van der Waals surface area contributed by atoms with E-state index < -0.39 is 12.7 Å². The highest BCUT2D eigenvalue weighted by Crippen LogP contribution is 2.55. The van der Waals surface area contributed by atoms with E-state index in [1.54, 1.807) is 0 Å². The van der Waals surface area contributed by atoms with Gasteiger partial charge in [0.25, 0.3) is 0 Å². The van der Waals surface area contributed by atoms with Crippen molar-refractivity contribution in [3.8, 4) is 33.4 Å². The van der Waals surface area contributed by atoms with Gasteiger partial charge in [-0.05, 0) is 95.1 Å². The van der Waals surface area contributed by atoms with Crippen LogP contribution in [0.3, 0.4) is 0 Å². The predicted molar refractivity (Wildman–Crippen MR) is 178 cm³/mol. The predicted octanol–water partition coefficient (Wildman–Crippen LogP) is 8.19. The van der Waals surface area contributed by atoms with E-state index in [9.17, 15) is 5.02 Å². The van der Waals surface area contributed by atoms with E-state index in [-0.39, 0.29) is 11.3 Å². The van der Waals surface area contributed by atoms with Crippen LogP contribution in [0.1, 0.15) is 40.5 Å². The molecule has 2 aliphatic rings. The molecule has 0 spiro atoms. The number of hydrogen-bond acceptors (Lipinski definition) is 3. The molecule has 1 fully saturated rings. The Balaban J connectivity index is 1.35. The third-order valence-electron chi connectivity index (χ3n) is 9.79. The molecule has 7 rings (SSSR count). The fourth-order valence-corrected chi connectivity index (χ4v) is 6.43. The summed E-state index contributed by atoms with van der Waals surface area (Å²) >= 11 is 0. The molecule has 0 unspecified atom stereocenters. The SMILES string of the molecule is C[C@H]1C=CC=c2oc3cccc(-c4cccc(-c5ccc(-c6ccccc6)cc5)c4)c3c2=C1B(O)OC(C)(C)C1(C)CC1. The van der Waals surface area contributed by atoms with E-state index in [1.165, 1.54) is 11.1 Å². The zero-order chi connectivity index (χ0) is 29.8. The monoisotopic (exact) mass is 564 g/mol. The zero-order valence-electron chi connectivity index (χ0n) is 25.3.